The third-order valence-corrected chi connectivity index (χ3v) is 4.71. The summed E-state index contributed by atoms with van der Waals surface area (Å²) in [7, 11) is 0. The average molecular weight is 324 g/mol. The molecule has 0 spiro atoms. The Morgan fingerprint density at radius 2 is 1.74 bits per heavy atom. The van der Waals surface area contributed by atoms with Gasteiger partial charge in [0.2, 0.25) is 0 Å². The standard InChI is InChI=1S/C17H26BrN/c1-12(2)4-5-13(3)19-17-10-15(11-17)14-6-8-16(18)9-7-14/h6-9,12-13,15,17,19H,4-5,10-11H2,1-3H3. The summed E-state index contributed by atoms with van der Waals surface area (Å²) < 4.78 is 1.17. The minimum atomic E-state index is 0.665. The number of nitrogens with one attached hydrogen (secondary N) is 1. The Labute approximate surface area is 126 Å². The molecule has 106 valence electrons. The van der Waals surface area contributed by atoms with Crippen molar-refractivity contribution >= 4 is 15.9 Å². The quantitative estimate of drug-likeness (QED) is 0.767. The first-order valence-electron chi connectivity index (χ1n) is 7.56. The molecule has 1 aromatic carbocycles. The van der Waals surface area contributed by atoms with Crippen LogP contribution < -0.4 is 5.32 Å². The molecule has 1 unspecified atom stereocenters. The number of hydrogen-bond acceptors (Lipinski definition) is 1. The van der Waals surface area contributed by atoms with E-state index in [-0.39, 0.29) is 0 Å². The molecule has 0 saturated heterocycles. The Kier molecular flexibility index (Phi) is 5.47. The lowest BCUT2D eigenvalue weighted by atomic mass is 9.75. The molecule has 0 heterocycles. The molecule has 0 bridgehead atoms. The first kappa shape index (κ1) is 15.1. The highest BCUT2D eigenvalue weighted by atomic mass is 79.9. The van der Waals surface area contributed by atoms with Crippen molar-refractivity contribution in [1.29, 1.82) is 0 Å². The highest BCUT2D eigenvalue weighted by Crippen LogP contribution is 2.37. The van der Waals surface area contributed by atoms with E-state index in [1.54, 1.807) is 0 Å². The smallest absolute Gasteiger partial charge is 0.0175 e. The maximum Gasteiger partial charge on any atom is 0.0175 e. The van der Waals surface area contributed by atoms with Gasteiger partial charge in [0.25, 0.3) is 0 Å². The van der Waals surface area contributed by atoms with Gasteiger partial charge in [0.05, 0.1) is 0 Å². The molecule has 1 nitrogen and oxygen atoms in total. The third kappa shape index (κ3) is 4.61. The lowest BCUT2D eigenvalue weighted by Crippen LogP contribution is -2.44. The molecule has 1 aliphatic rings. The van der Waals surface area contributed by atoms with Crippen molar-refractivity contribution in [3.05, 3.63) is 34.3 Å². The highest BCUT2D eigenvalue weighted by Gasteiger charge is 2.30. The van der Waals surface area contributed by atoms with Gasteiger partial charge in [0.1, 0.15) is 0 Å². The maximum absolute atomic E-state index is 3.77. The molecule has 0 amide bonds. The lowest BCUT2D eigenvalue weighted by Gasteiger charge is -2.38. The van der Waals surface area contributed by atoms with E-state index in [2.05, 4.69) is 66.3 Å². The zero-order valence-electron chi connectivity index (χ0n) is 12.3. The van der Waals surface area contributed by atoms with Gasteiger partial charge in [-0.3, -0.25) is 0 Å². The molecular weight excluding hydrogens is 298 g/mol. The average Bonchev–Trinajstić information content (AvgIpc) is 2.32. The molecule has 1 N–H and O–H groups in total. The van der Waals surface area contributed by atoms with Gasteiger partial charge < -0.3 is 5.32 Å². The monoisotopic (exact) mass is 323 g/mol. The maximum atomic E-state index is 3.77. The molecule has 1 atom stereocenters. The van der Waals surface area contributed by atoms with Gasteiger partial charge in [-0.2, -0.15) is 0 Å². The van der Waals surface area contributed by atoms with Gasteiger partial charge in [0.15, 0.2) is 0 Å². The second-order valence-corrected chi connectivity index (χ2v) is 7.37. The van der Waals surface area contributed by atoms with Crippen LogP contribution in [0.4, 0.5) is 0 Å². The van der Waals surface area contributed by atoms with Crippen LogP contribution >= 0.6 is 15.9 Å². The van der Waals surface area contributed by atoms with Crippen molar-refractivity contribution in [2.75, 3.05) is 0 Å². The molecule has 2 heteroatoms. The fraction of sp³-hybridized carbons (Fsp3) is 0.647. The summed E-state index contributed by atoms with van der Waals surface area (Å²) in [6.45, 7) is 6.94. The Morgan fingerprint density at radius 1 is 1.11 bits per heavy atom. The Balaban J connectivity index is 1.70. The lowest BCUT2D eigenvalue weighted by molar-refractivity contribution is 0.261. The number of rotatable bonds is 6. The van der Waals surface area contributed by atoms with E-state index in [1.807, 2.05) is 0 Å². The SMILES string of the molecule is CC(C)CCC(C)NC1CC(c2ccc(Br)cc2)C1. The second-order valence-electron chi connectivity index (χ2n) is 6.46. The highest BCUT2D eigenvalue weighted by molar-refractivity contribution is 9.10. The number of hydrogen-bond donors (Lipinski definition) is 1. The van der Waals surface area contributed by atoms with Gasteiger partial charge in [-0.15, -0.1) is 0 Å². The molecule has 2 rings (SSSR count). The van der Waals surface area contributed by atoms with Crippen LogP contribution in [-0.2, 0) is 0 Å². The minimum absolute atomic E-state index is 0.665. The van der Waals surface area contributed by atoms with E-state index in [9.17, 15) is 0 Å². The molecular formula is C17H26BrN. The Hall–Kier alpha value is -0.340. The van der Waals surface area contributed by atoms with Crippen molar-refractivity contribution in [2.45, 2.75) is 64.5 Å². The summed E-state index contributed by atoms with van der Waals surface area (Å²) >= 11 is 3.50. The van der Waals surface area contributed by atoms with E-state index in [4.69, 9.17) is 0 Å². The summed E-state index contributed by atoms with van der Waals surface area (Å²) in [5, 5.41) is 3.77. The van der Waals surface area contributed by atoms with Gasteiger partial charge in [-0.25, -0.2) is 0 Å². The van der Waals surface area contributed by atoms with Crippen LogP contribution in [-0.4, -0.2) is 12.1 Å². The van der Waals surface area contributed by atoms with Gasteiger partial charge in [0, 0.05) is 16.6 Å². The number of benzene rings is 1. The van der Waals surface area contributed by atoms with E-state index in [0.717, 1.165) is 17.9 Å². The first-order chi connectivity index (χ1) is 9.04. The fourth-order valence-corrected chi connectivity index (χ4v) is 3.09. The summed E-state index contributed by atoms with van der Waals surface area (Å²) in [4.78, 5) is 0. The summed E-state index contributed by atoms with van der Waals surface area (Å²) in [6.07, 6.45) is 5.23. The van der Waals surface area contributed by atoms with E-state index in [1.165, 1.54) is 35.7 Å². The van der Waals surface area contributed by atoms with E-state index >= 15 is 0 Å². The van der Waals surface area contributed by atoms with E-state index < -0.39 is 0 Å². The van der Waals surface area contributed by atoms with Gasteiger partial charge >= 0.3 is 0 Å². The summed E-state index contributed by atoms with van der Waals surface area (Å²) in [5.74, 6) is 1.59. The summed E-state index contributed by atoms with van der Waals surface area (Å²) in [6, 6.07) is 10.2. The molecule has 19 heavy (non-hydrogen) atoms. The molecule has 1 aromatic rings. The predicted octanol–water partition coefficient (Wildman–Crippen LogP) is 5.11. The van der Waals surface area contributed by atoms with Gasteiger partial charge in [-0.05, 0) is 62.1 Å². The van der Waals surface area contributed by atoms with Gasteiger partial charge in [-0.1, -0.05) is 41.9 Å². The minimum Gasteiger partial charge on any atom is -0.311 e. The molecule has 1 fully saturated rings. The van der Waals surface area contributed by atoms with Crippen molar-refractivity contribution in [2.24, 2.45) is 5.92 Å². The second kappa shape index (κ2) is 6.90. The van der Waals surface area contributed by atoms with Crippen molar-refractivity contribution in [1.82, 2.24) is 5.32 Å². The van der Waals surface area contributed by atoms with E-state index in [0.29, 0.717) is 6.04 Å². The molecule has 0 aromatic heterocycles. The van der Waals surface area contributed by atoms with Crippen LogP contribution in [0.25, 0.3) is 0 Å². The van der Waals surface area contributed by atoms with Crippen molar-refractivity contribution < 1.29 is 0 Å². The van der Waals surface area contributed by atoms with Crippen molar-refractivity contribution in [3.63, 3.8) is 0 Å². The topological polar surface area (TPSA) is 12.0 Å². The van der Waals surface area contributed by atoms with Crippen LogP contribution in [0.15, 0.2) is 28.7 Å². The molecule has 0 aliphatic heterocycles. The normalized spacial score (nSPS) is 24.3. The fourth-order valence-electron chi connectivity index (χ4n) is 2.83. The molecule has 1 saturated carbocycles. The zero-order chi connectivity index (χ0) is 13.8. The van der Waals surface area contributed by atoms with Crippen LogP contribution in [0.1, 0.15) is 57.9 Å². The van der Waals surface area contributed by atoms with Crippen LogP contribution in [0.2, 0.25) is 0 Å². The van der Waals surface area contributed by atoms with Crippen LogP contribution in [0.5, 0.6) is 0 Å². The summed E-state index contributed by atoms with van der Waals surface area (Å²) in [5.41, 5.74) is 1.50. The zero-order valence-corrected chi connectivity index (χ0v) is 13.9. The number of halogens is 1. The van der Waals surface area contributed by atoms with Crippen LogP contribution in [0.3, 0.4) is 0 Å². The Morgan fingerprint density at radius 3 is 2.32 bits per heavy atom. The largest absolute Gasteiger partial charge is 0.311 e. The first-order valence-corrected chi connectivity index (χ1v) is 8.35. The van der Waals surface area contributed by atoms with Crippen molar-refractivity contribution in [3.8, 4) is 0 Å². The molecule has 0 radical (unpaired) electrons. The predicted molar refractivity (Wildman–Crippen MR) is 86.6 cm³/mol. The Bertz CT molecular complexity index is 379. The van der Waals surface area contributed by atoms with Crippen LogP contribution in [0, 0.1) is 5.92 Å². The molecule has 1 aliphatic carbocycles. The third-order valence-electron chi connectivity index (χ3n) is 4.18.